The quantitative estimate of drug-likeness (QED) is 0.349. The molecule has 0 unspecified atom stereocenters. The van der Waals surface area contributed by atoms with Gasteiger partial charge in [-0.3, -0.25) is 9.89 Å². The van der Waals surface area contributed by atoms with Gasteiger partial charge >= 0.3 is 0 Å². The summed E-state index contributed by atoms with van der Waals surface area (Å²) >= 11 is 1.80. The third-order valence-corrected chi connectivity index (χ3v) is 5.47. The molecular weight excluding hydrogens is 471 g/mol. The van der Waals surface area contributed by atoms with Gasteiger partial charge in [-0.25, -0.2) is 0 Å². The molecule has 1 aromatic heterocycles. The minimum Gasteiger partial charge on any atom is -0.379 e. The highest BCUT2D eigenvalue weighted by molar-refractivity contribution is 14.0. The van der Waals surface area contributed by atoms with Gasteiger partial charge in [0.25, 0.3) is 0 Å². The van der Waals surface area contributed by atoms with Crippen LogP contribution in [0.5, 0.6) is 0 Å². The van der Waals surface area contributed by atoms with Crippen molar-refractivity contribution in [3.63, 3.8) is 0 Å². The number of ether oxygens (including phenoxy) is 1. The minimum atomic E-state index is 0. The number of halogens is 1. The molecule has 1 aliphatic rings. The lowest BCUT2D eigenvalue weighted by atomic mass is 10.1. The highest BCUT2D eigenvalue weighted by Gasteiger charge is 2.12. The van der Waals surface area contributed by atoms with Gasteiger partial charge in [-0.05, 0) is 29.0 Å². The van der Waals surface area contributed by atoms with Crippen molar-refractivity contribution in [2.75, 3.05) is 39.9 Å². The van der Waals surface area contributed by atoms with E-state index in [1.165, 1.54) is 16.0 Å². The summed E-state index contributed by atoms with van der Waals surface area (Å²) in [6.45, 7) is 6.32. The summed E-state index contributed by atoms with van der Waals surface area (Å²) in [7, 11) is 1.82. The number of guanidine groups is 1. The summed E-state index contributed by atoms with van der Waals surface area (Å²) in [5.41, 5.74) is 2.69. The fraction of sp³-hybridized carbons (Fsp3) is 0.450. The lowest BCUT2D eigenvalue weighted by molar-refractivity contribution is 0.0341. The molecule has 1 saturated heterocycles. The molecular formula is C20H29IN4OS. The zero-order valence-corrected chi connectivity index (χ0v) is 19.0. The van der Waals surface area contributed by atoms with Crippen molar-refractivity contribution >= 4 is 41.3 Å². The Balaban J connectivity index is 0.00000261. The Bertz CT molecular complexity index is 687. The van der Waals surface area contributed by atoms with Gasteiger partial charge < -0.3 is 15.4 Å². The summed E-state index contributed by atoms with van der Waals surface area (Å²) in [4.78, 5) is 8.19. The normalized spacial score (nSPS) is 15.2. The first-order valence-electron chi connectivity index (χ1n) is 9.19. The molecule has 7 heteroatoms. The first-order chi connectivity index (χ1) is 12.8. The summed E-state index contributed by atoms with van der Waals surface area (Å²) in [6.07, 6.45) is 1.02. The van der Waals surface area contributed by atoms with E-state index in [0.717, 1.165) is 58.3 Å². The van der Waals surface area contributed by atoms with Gasteiger partial charge in [0.15, 0.2) is 5.96 Å². The van der Waals surface area contributed by atoms with E-state index in [0.29, 0.717) is 0 Å². The van der Waals surface area contributed by atoms with E-state index >= 15 is 0 Å². The molecule has 0 atom stereocenters. The molecule has 1 aromatic carbocycles. The first kappa shape index (κ1) is 22.1. The summed E-state index contributed by atoms with van der Waals surface area (Å²) in [5, 5.41) is 8.96. The van der Waals surface area contributed by atoms with E-state index in [9.17, 15) is 0 Å². The molecule has 2 heterocycles. The molecule has 2 N–H and O–H groups in total. The number of rotatable bonds is 7. The Morgan fingerprint density at radius 3 is 2.59 bits per heavy atom. The van der Waals surface area contributed by atoms with E-state index in [2.05, 4.69) is 62.3 Å². The van der Waals surface area contributed by atoms with Crippen molar-refractivity contribution in [3.8, 4) is 0 Å². The maximum atomic E-state index is 5.45. The van der Waals surface area contributed by atoms with Gasteiger partial charge in [-0.15, -0.1) is 35.3 Å². The van der Waals surface area contributed by atoms with Gasteiger partial charge in [0.1, 0.15) is 0 Å². The number of morpholine rings is 1. The highest BCUT2D eigenvalue weighted by Crippen LogP contribution is 2.13. The van der Waals surface area contributed by atoms with Crippen LogP contribution in [-0.2, 0) is 24.2 Å². The summed E-state index contributed by atoms with van der Waals surface area (Å²) in [6, 6.07) is 12.9. The summed E-state index contributed by atoms with van der Waals surface area (Å²) in [5.74, 6) is 0.850. The SMILES string of the molecule is CN=C(NCCc1cccs1)NCc1ccccc1CN1CCOCC1.I. The third-order valence-electron chi connectivity index (χ3n) is 4.53. The topological polar surface area (TPSA) is 48.9 Å². The van der Waals surface area contributed by atoms with Gasteiger partial charge in [-0.1, -0.05) is 30.3 Å². The largest absolute Gasteiger partial charge is 0.379 e. The molecule has 1 fully saturated rings. The van der Waals surface area contributed by atoms with E-state index in [1.54, 1.807) is 11.3 Å². The fourth-order valence-electron chi connectivity index (χ4n) is 3.04. The van der Waals surface area contributed by atoms with Crippen molar-refractivity contribution in [2.45, 2.75) is 19.5 Å². The van der Waals surface area contributed by atoms with Crippen LogP contribution in [0, 0.1) is 0 Å². The zero-order chi connectivity index (χ0) is 18.0. The fourth-order valence-corrected chi connectivity index (χ4v) is 3.75. The maximum Gasteiger partial charge on any atom is 0.191 e. The molecule has 0 amide bonds. The number of nitrogens with one attached hydrogen (secondary N) is 2. The Morgan fingerprint density at radius 1 is 1.11 bits per heavy atom. The van der Waals surface area contributed by atoms with Gasteiger partial charge in [0.2, 0.25) is 0 Å². The van der Waals surface area contributed by atoms with Crippen molar-refractivity contribution in [2.24, 2.45) is 4.99 Å². The third kappa shape index (κ3) is 7.40. The molecule has 27 heavy (non-hydrogen) atoms. The average molecular weight is 500 g/mol. The van der Waals surface area contributed by atoms with Gasteiger partial charge in [-0.2, -0.15) is 0 Å². The van der Waals surface area contributed by atoms with Crippen LogP contribution in [0.3, 0.4) is 0 Å². The molecule has 0 aliphatic carbocycles. The molecule has 0 spiro atoms. The van der Waals surface area contributed by atoms with Crippen LogP contribution in [0.1, 0.15) is 16.0 Å². The van der Waals surface area contributed by atoms with Crippen molar-refractivity contribution in [1.82, 2.24) is 15.5 Å². The van der Waals surface area contributed by atoms with Crippen molar-refractivity contribution < 1.29 is 4.74 Å². The van der Waals surface area contributed by atoms with Crippen LogP contribution >= 0.6 is 35.3 Å². The van der Waals surface area contributed by atoms with E-state index < -0.39 is 0 Å². The Morgan fingerprint density at radius 2 is 1.89 bits per heavy atom. The zero-order valence-electron chi connectivity index (χ0n) is 15.8. The number of hydrogen-bond acceptors (Lipinski definition) is 4. The van der Waals surface area contributed by atoms with E-state index in [4.69, 9.17) is 4.74 Å². The highest BCUT2D eigenvalue weighted by atomic mass is 127. The van der Waals surface area contributed by atoms with E-state index in [1.807, 2.05) is 7.05 Å². The second-order valence-electron chi connectivity index (χ2n) is 6.34. The molecule has 148 valence electrons. The lowest BCUT2D eigenvalue weighted by Crippen LogP contribution is -2.38. The predicted molar refractivity (Wildman–Crippen MR) is 124 cm³/mol. The van der Waals surface area contributed by atoms with Gasteiger partial charge in [0, 0.05) is 44.6 Å². The Kier molecular flexibility index (Phi) is 10.1. The monoisotopic (exact) mass is 500 g/mol. The van der Waals surface area contributed by atoms with Crippen LogP contribution in [0.15, 0.2) is 46.8 Å². The number of hydrogen-bond donors (Lipinski definition) is 2. The average Bonchev–Trinajstić information content (AvgIpc) is 3.20. The molecule has 0 saturated carbocycles. The molecule has 0 bridgehead atoms. The number of thiophene rings is 1. The van der Waals surface area contributed by atoms with Crippen LogP contribution in [0.25, 0.3) is 0 Å². The molecule has 5 nitrogen and oxygen atoms in total. The van der Waals surface area contributed by atoms with Crippen molar-refractivity contribution in [1.29, 1.82) is 0 Å². The van der Waals surface area contributed by atoms with E-state index in [-0.39, 0.29) is 24.0 Å². The smallest absolute Gasteiger partial charge is 0.191 e. The van der Waals surface area contributed by atoms with Crippen LogP contribution in [-0.4, -0.2) is 50.8 Å². The standard InChI is InChI=1S/C20H28N4OS.HI/c1-21-20(22-9-8-19-7-4-14-26-19)23-15-17-5-2-3-6-18(17)16-24-10-12-25-13-11-24;/h2-7,14H,8-13,15-16H2,1H3,(H2,21,22,23);1H. The second-order valence-corrected chi connectivity index (χ2v) is 7.37. The van der Waals surface area contributed by atoms with Crippen LogP contribution in [0.2, 0.25) is 0 Å². The van der Waals surface area contributed by atoms with Crippen LogP contribution < -0.4 is 10.6 Å². The number of benzene rings is 1. The molecule has 3 rings (SSSR count). The number of nitrogens with zero attached hydrogens (tertiary/aromatic N) is 2. The molecule has 2 aromatic rings. The maximum absolute atomic E-state index is 5.45. The Hall–Kier alpha value is -1.16. The molecule has 1 aliphatic heterocycles. The lowest BCUT2D eigenvalue weighted by Gasteiger charge is -2.27. The van der Waals surface area contributed by atoms with Crippen molar-refractivity contribution in [3.05, 3.63) is 57.8 Å². The first-order valence-corrected chi connectivity index (χ1v) is 10.1. The predicted octanol–water partition coefficient (Wildman–Crippen LogP) is 3.11. The molecule has 0 radical (unpaired) electrons. The van der Waals surface area contributed by atoms with Gasteiger partial charge in [0.05, 0.1) is 13.2 Å². The minimum absolute atomic E-state index is 0. The second kappa shape index (κ2) is 12.3. The summed E-state index contributed by atoms with van der Waals surface area (Å²) < 4.78 is 5.45. The van der Waals surface area contributed by atoms with Crippen LogP contribution in [0.4, 0.5) is 0 Å². The number of aliphatic imine (C=N–C) groups is 1. The Labute approximate surface area is 183 Å².